The van der Waals surface area contributed by atoms with Crippen molar-refractivity contribution in [1.82, 2.24) is 5.32 Å². The van der Waals surface area contributed by atoms with Crippen LogP contribution in [0.3, 0.4) is 0 Å². The van der Waals surface area contributed by atoms with Gasteiger partial charge in [0, 0.05) is 12.2 Å². The van der Waals surface area contributed by atoms with Crippen molar-refractivity contribution in [1.29, 1.82) is 0 Å². The average Bonchev–Trinajstić information content (AvgIpc) is 2.58. The highest BCUT2D eigenvalue weighted by Gasteiger charge is 2.38. The van der Waals surface area contributed by atoms with Gasteiger partial charge in [0.1, 0.15) is 11.4 Å². The van der Waals surface area contributed by atoms with Gasteiger partial charge in [0.15, 0.2) is 0 Å². The molecule has 0 amide bonds. The number of hydrogen-bond donors (Lipinski definition) is 2. The van der Waals surface area contributed by atoms with E-state index in [-0.39, 0.29) is 11.5 Å². The summed E-state index contributed by atoms with van der Waals surface area (Å²) in [5.74, 6) is 1.76. The number of fused-ring (bicyclic) bond motifs is 3. The van der Waals surface area contributed by atoms with E-state index in [0.717, 1.165) is 43.6 Å². The molecule has 28 heavy (non-hydrogen) atoms. The maximum absolute atomic E-state index is 13.2. The Hall–Kier alpha value is -1.69. The number of nitrogens with one attached hydrogen (secondary N) is 2. The first-order chi connectivity index (χ1) is 13.0. The molecule has 1 saturated carbocycles. The summed E-state index contributed by atoms with van der Waals surface area (Å²) in [7, 11) is 0. The Morgan fingerprint density at radius 3 is 2.68 bits per heavy atom. The minimum atomic E-state index is -4.30. The summed E-state index contributed by atoms with van der Waals surface area (Å²) in [5, 5.41) is 6.74. The fourth-order valence-electron chi connectivity index (χ4n) is 4.46. The summed E-state index contributed by atoms with van der Waals surface area (Å²) in [6.07, 6.45) is -1.25. The Morgan fingerprint density at radius 2 is 2.00 bits per heavy atom. The molecule has 3 unspecified atom stereocenters. The van der Waals surface area contributed by atoms with Crippen LogP contribution in [0.5, 0.6) is 0 Å². The highest BCUT2D eigenvalue weighted by molar-refractivity contribution is 5.57. The van der Waals surface area contributed by atoms with E-state index in [1.807, 2.05) is 20.8 Å². The molecule has 1 aliphatic carbocycles. The molecule has 156 valence electrons. The van der Waals surface area contributed by atoms with Crippen LogP contribution in [0, 0.1) is 11.8 Å². The van der Waals surface area contributed by atoms with Crippen LogP contribution in [0.2, 0.25) is 0 Å². The maximum atomic E-state index is 13.2. The lowest BCUT2D eigenvalue weighted by molar-refractivity contribution is -0.137. The third kappa shape index (κ3) is 5.22. The Kier molecular flexibility index (Phi) is 5.99. The highest BCUT2D eigenvalue weighted by Crippen LogP contribution is 2.47. The maximum Gasteiger partial charge on any atom is 0.416 e. The van der Waals surface area contributed by atoms with Gasteiger partial charge in [-0.1, -0.05) is 6.58 Å². The molecule has 1 fully saturated rings. The van der Waals surface area contributed by atoms with Gasteiger partial charge in [-0.3, -0.25) is 0 Å². The van der Waals surface area contributed by atoms with Crippen LogP contribution in [-0.4, -0.2) is 25.2 Å². The molecule has 0 radical (unpaired) electrons. The number of hydrogen-bond acceptors (Lipinski definition) is 3. The topological polar surface area (TPSA) is 33.3 Å². The Labute approximate surface area is 165 Å². The molecule has 0 saturated heterocycles. The van der Waals surface area contributed by atoms with E-state index in [2.05, 4.69) is 17.2 Å². The van der Waals surface area contributed by atoms with Crippen molar-refractivity contribution < 1.29 is 17.9 Å². The van der Waals surface area contributed by atoms with Crippen LogP contribution in [0.15, 0.2) is 30.5 Å². The van der Waals surface area contributed by atoms with E-state index in [1.54, 1.807) is 6.07 Å². The van der Waals surface area contributed by atoms with Crippen molar-refractivity contribution in [3.8, 4) is 0 Å². The molecule has 1 aromatic carbocycles. The first kappa shape index (κ1) is 21.0. The summed E-state index contributed by atoms with van der Waals surface area (Å²) in [4.78, 5) is 0. The summed E-state index contributed by atoms with van der Waals surface area (Å²) in [6.45, 7) is 12.2. The molecule has 3 rings (SSSR count). The summed E-state index contributed by atoms with van der Waals surface area (Å²) in [6, 6.07) is 4.12. The molecular formula is C22H31F3N2O. The Balaban J connectivity index is 1.62. The molecule has 2 aliphatic rings. The van der Waals surface area contributed by atoms with Gasteiger partial charge in [-0.25, -0.2) is 0 Å². The SMILES string of the molecule is C=C(CNCC1CCC2CNc3ccc(C(F)(F)F)cc3C2C1)OC(C)(C)C. The van der Waals surface area contributed by atoms with Crippen LogP contribution in [0.4, 0.5) is 18.9 Å². The van der Waals surface area contributed by atoms with Gasteiger partial charge in [0.2, 0.25) is 0 Å². The van der Waals surface area contributed by atoms with E-state index in [1.165, 1.54) is 12.1 Å². The van der Waals surface area contributed by atoms with E-state index in [4.69, 9.17) is 4.74 Å². The molecule has 6 heteroatoms. The van der Waals surface area contributed by atoms with Crippen LogP contribution < -0.4 is 10.6 Å². The molecule has 1 aromatic rings. The van der Waals surface area contributed by atoms with Crippen LogP contribution >= 0.6 is 0 Å². The molecule has 2 N–H and O–H groups in total. The van der Waals surface area contributed by atoms with Gasteiger partial charge in [0.05, 0.1) is 12.1 Å². The second-order valence-electron chi connectivity index (χ2n) is 9.11. The molecule has 0 bridgehead atoms. The minimum absolute atomic E-state index is 0.188. The van der Waals surface area contributed by atoms with Crippen molar-refractivity contribution in [2.45, 2.75) is 57.7 Å². The number of benzene rings is 1. The average molecular weight is 396 g/mol. The van der Waals surface area contributed by atoms with Crippen LogP contribution in [-0.2, 0) is 10.9 Å². The molecule has 1 aliphatic heterocycles. The fourth-order valence-corrected chi connectivity index (χ4v) is 4.46. The van der Waals surface area contributed by atoms with E-state index in [9.17, 15) is 13.2 Å². The monoisotopic (exact) mass is 396 g/mol. The number of ether oxygens (including phenoxy) is 1. The van der Waals surface area contributed by atoms with Crippen molar-refractivity contribution in [2.24, 2.45) is 11.8 Å². The predicted molar refractivity (Wildman–Crippen MR) is 106 cm³/mol. The zero-order chi connectivity index (χ0) is 20.5. The van der Waals surface area contributed by atoms with Crippen molar-refractivity contribution in [3.05, 3.63) is 41.7 Å². The van der Waals surface area contributed by atoms with Gasteiger partial charge in [-0.15, -0.1) is 0 Å². The molecule has 0 aromatic heterocycles. The smallest absolute Gasteiger partial charge is 0.416 e. The first-order valence-electron chi connectivity index (χ1n) is 10.1. The molecule has 3 atom stereocenters. The number of anilines is 1. The van der Waals surface area contributed by atoms with Crippen molar-refractivity contribution >= 4 is 5.69 Å². The largest absolute Gasteiger partial charge is 0.492 e. The van der Waals surface area contributed by atoms with Crippen molar-refractivity contribution in [2.75, 3.05) is 25.0 Å². The van der Waals surface area contributed by atoms with E-state index >= 15 is 0 Å². The quantitative estimate of drug-likeness (QED) is 0.640. The van der Waals surface area contributed by atoms with E-state index in [0.29, 0.717) is 24.1 Å². The Bertz CT molecular complexity index is 709. The number of halogens is 3. The third-order valence-electron chi connectivity index (χ3n) is 5.64. The van der Waals surface area contributed by atoms with E-state index < -0.39 is 11.7 Å². The number of alkyl halides is 3. The fraction of sp³-hybridized carbons (Fsp3) is 0.636. The third-order valence-corrected chi connectivity index (χ3v) is 5.64. The predicted octanol–water partition coefficient (Wildman–Crippen LogP) is 5.55. The highest BCUT2D eigenvalue weighted by atomic mass is 19.4. The standard InChI is InChI=1S/C22H31F3N2O/c1-14(28-21(2,3)4)11-26-12-15-5-6-16-13-27-20-8-7-17(22(23,24)25)10-19(20)18(16)9-15/h7-8,10,15-16,18,26-27H,1,5-6,9,11-13H2,2-4H3. The zero-order valence-corrected chi connectivity index (χ0v) is 17.0. The van der Waals surface area contributed by atoms with Crippen molar-refractivity contribution in [3.63, 3.8) is 0 Å². The van der Waals surface area contributed by atoms with Gasteiger partial charge in [-0.05, 0) is 88.1 Å². The number of rotatable bonds is 5. The second-order valence-corrected chi connectivity index (χ2v) is 9.11. The minimum Gasteiger partial charge on any atom is -0.492 e. The summed E-state index contributed by atoms with van der Waals surface area (Å²) < 4.78 is 45.2. The lowest BCUT2D eigenvalue weighted by atomic mass is 9.69. The lowest BCUT2D eigenvalue weighted by Crippen LogP contribution is -2.36. The van der Waals surface area contributed by atoms with Crippen LogP contribution in [0.25, 0.3) is 0 Å². The summed E-state index contributed by atoms with van der Waals surface area (Å²) >= 11 is 0. The van der Waals surface area contributed by atoms with Gasteiger partial charge in [0.25, 0.3) is 0 Å². The lowest BCUT2D eigenvalue weighted by Gasteiger charge is -2.41. The van der Waals surface area contributed by atoms with Gasteiger partial charge >= 0.3 is 6.18 Å². The van der Waals surface area contributed by atoms with Gasteiger partial charge in [-0.2, -0.15) is 13.2 Å². The molecule has 0 spiro atoms. The molecular weight excluding hydrogens is 365 g/mol. The first-order valence-corrected chi connectivity index (χ1v) is 10.1. The van der Waals surface area contributed by atoms with Gasteiger partial charge < -0.3 is 15.4 Å². The summed E-state index contributed by atoms with van der Waals surface area (Å²) in [5.41, 5.74) is 0.877. The zero-order valence-electron chi connectivity index (χ0n) is 17.0. The normalized spacial score (nSPS) is 24.7. The Morgan fingerprint density at radius 1 is 1.25 bits per heavy atom. The van der Waals surface area contributed by atoms with Crippen LogP contribution in [0.1, 0.15) is 57.1 Å². The second kappa shape index (κ2) is 7.97. The molecule has 3 nitrogen and oxygen atoms in total. The molecule has 1 heterocycles.